The van der Waals surface area contributed by atoms with Crippen molar-refractivity contribution in [3.8, 4) is 0 Å². The van der Waals surface area contributed by atoms with Crippen molar-refractivity contribution in [2.75, 3.05) is 6.54 Å². The van der Waals surface area contributed by atoms with Gasteiger partial charge in [-0.15, -0.1) is 12.4 Å². The average Bonchev–Trinajstić information content (AvgIpc) is 2.62. The lowest BCUT2D eigenvalue weighted by molar-refractivity contribution is 0.481. The third-order valence-corrected chi connectivity index (χ3v) is 2.42. The van der Waals surface area contributed by atoms with Crippen molar-refractivity contribution in [1.29, 1.82) is 0 Å². The molecule has 0 radical (unpaired) electrons. The lowest BCUT2D eigenvalue weighted by Crippen LogP contribution is -2.14. The van der Waals surface area contributed by atoms with Crippen LogP contribution in [0.25, 0.3) is 0 Å². The average molecular weight is 220 g/mol. The fourth-order valence-corrected chi connectivity index (χ4v) is 1.74. The smallest absolute Gasteiger partial charge is 0.163 e. The van der Waals surface area contributed by atoms with Gasteiger partial charge in [0.05, 0.1) is 0 Å². The maximum atomic E-state index is 13.2. The van der Waals surface area contributed by atoms with E-state index < -0.39 is 11.6 Å². The number of hydrogen-bond donors (Lipinski definition) is 1. The first kappa shape index (κ1) is 11.4. The SMILES string of the molecule is Cl.Fc1cccc([C@H]2CCCN2)c1F. The van der Waals surface area contributed by atoms with E-state index in [-0.39, 0.29) is 18.4 Å². The monoisotopic (exact) mass is 219 g/mol. The van der Waals surface area contributed by atoms with E-state index in [4.69, 9.17) is 0 Å². The Morgan fingerprint density at radius 3 is 2.71 bits per heavy atom. The predicted octanol–water partition coefficient (Wildman–Crippen LogP) is 2.81. The van der Waals surface area contributed by atoms with E-state index in [1.165, 1.54) is 0 Å². The highest BCUT2D eigenvalue weighted by Crippen LogP contribution is 2.26. The largest absolute Gasteiger partial charge is 0.310 e. The van der Waals surface area contributed by atoms with Gasteiger partial charge in [0.25, 0.3) is 0 Å². The summed E-state index contributed by atoms with van der Waals surface area (Å²) in [5.41, 5.74) is 0.456. The minimum Gasteiger partial charge on any atom is -0.310 e. The van der Waals surface area contributed by atoms with Crippen LogP contribution in [-0.4, -0.2) is 6.54 Å². The van der Waals surface area contributed by atoms with E-state index in [1.54, 1.807) is 12.1 Å². The molecule has 0 bridgehead atoms. The van der Waals surface area contributed by atoms with Crippen LogP contribution < -0.4 is 5.32 Å². The van der Waals surface area contributed by atoms with E-state index in [0.717, 1.165) is 25.5 Å². The highest BCUT2D eigenvalue weighted by molar-refractivity contribution is 5.85. The zero-order valence-corrected chi connectivity index (χ0v) is 8.41. The summed E-state index contributed by atoms with van der Waals surface area (Å²) >= 11 is 0. The second kappa shape index (κ2) is 4.71. The van der Waals surface area contributed by atoms with Crippen LogP contribution in [0, 0.1) is 11.6 Å². The second-order valence-electron chi connectivity index (χ2n) is 3.29. The van der Waals surface area contributed by atoms with Gasteiger partial charge < -0.3 is 5.32 Å². The van der Waals surface area contributed by atoms with Gasteiger partial charge in [-0.25, -0.2) is 8.78 Å². The third-order valence-electron chi connectivity index (χ3n) is 2.42. The Morgan fingerprint density at radius 1 is 1.29 bits per heavy atom. The van der Waals surface area contributed by atoms with Crippen LogP contribution in [0.5, 0.6) is 0 Å². The van der Waals surface area contributed by atoms with Gasteiger partial charge in [-0.05, 0) is 25.5 Å². The maximum Gasteiger partial charge on any atom is 0.163 e. The first-order valence-electron chi connectivity index (χ1n) is 4.46. The molecule has 1 fully saturated rings. The third kappa shape index (κ3) is 2.04. The first-order chi connectivity index (χ1) is 6.29. The Kier molecular flexibility index (Phi) is 3.84. The van der Waals surface area contributed by atoms with E-state index in [2.05, 4.69) is 5.32 Å². The number of nitrogens with one attached hydrogen (secondary N) is 1. The Balaban J connectivity index is 0.000000980. The van der Waals surface area contributed by atoms with Crippen molar-refractivity contribution in [3.63, 3.8) is 0 Å². The van der Waals surface area contributed by atoms with Crippen molar-refractivity contribution in [2.45, 2.75) is 18.9 Å². The van der Waals surface area contributed by atoms with Gasteiger partial charge in [-0.1, -0.05) is 12.1 Å². The molecule has 78 valence electrons. The summed E-state index contributed by atoms with van der Waals surface area (Å²) in [4.78, 5) is 0. The van der Waals surface area contributed by atoms with Gasteiger partial charge in [0, 0.05) is 11.6 Å². The highest BCUT2D eigenvalue weighted by Gasteiger charge is 2.20. The van der Waals surface area contributed by atoms with E-state index in [1.807, 2.05) is 0 Å². The molecule has 2 rings (SSSR count). The number of benzene rings is 1. The van der Waals surface area contributed by atoms with E-state index in [0.29, 0.717) is 5.56 Å². The summed E-state index contributed by atoms with van der Waals surface area (Å²) in [5, 5.41) is 3.13. The Labute approximate surface area is 87.9 Å². The molecular weight excluding hydrogens is 208 g/mol. The Hall–Kier alpha value is -0.670. The fraction of sp³-hybridized carbons (Fsp3) is 0.400. The number of halogens is 3. The molecule has 14 heavy (non-hydrogen) atoms. The molecule has 1 atom stereocenters. The van der Waals surface area contributed by atoms with Crippen molar-refractivity contribution < 1.29 is 8.78 Å². The highest BCUT2D eigenvalue weighted by atomic mass is 35.5. The van der Waals surface area contributed by atoms with Gasteiger partial charge in [-0.2, -0.15) is 0 Å². The van der Waals surface area contributed by atoms with Gasteiger partial charge in [0.15, 0.2) is 11.6 Å². The summed E-state index contributed by atoms with van der Waals surface area (Å²) in [6.07, 6.45) is 1.92. The molecule has 0 spiro atoms. The minimum atomic E-state index is -0.758. The van der Waals surface area contributed by atoms with Crippen LogP contribution in [0.4, 0.5) is 8.78 Å². The molecule has 1 N–H and O–H groups in total. The zero-order valence-electron chi connectivity index (χ0n) is 7.59. The van der Waals surface area contributed by atoms with Crippen LogP contribution in [0.15, 0.2) is 18.2 Å². The molecule has 1 nitrogen and oxygen atoms in total. The minimum absolute atomic E-state index is 0. The lowest BCUT2D eigenvalue weighted by Gasteiger charge is -2.11. The molecule has 1 aromatic carbocycles. The molecule has 1 aliphatic rings. The summed E-state index contributed by atoms with van der Waals surface area (Å²) in [7, 11) is 0. The van der Waals surface area contributed by atoms with Gasteiger partial charge >= 0.3 is 0 Å². The van der Waals surface area contributed by atoms with E-state index in [9.17, 15) is 8.78 Å². The molecule has 1 saturated heterocycles. The first-order valence-corrected chi connectivity index (χ1v) is 4.46. The van der Waals surface area contributed by atoms with Crippen LogP contribution in [0.2, 0.25) is 0 Å². The van der Waals surface area contributed by atoms with Crippen molar-refractivity contribution in [2.24, 2.45) is 0 Å². The molecular formula is C10H12ClF2N. The van der Waals surface area contributed by atoms with Gasteiger partial charge in [0.1, 0.15) is 0 Å². The number of hydrogen-bond acceptors (Lipinski definition) is 1. The molecule has 0 amide bonds. The molecule has 1 aliphatic heterocycles. The zero-order chi connectivity index (χ0) is 9.26. The standard InChI is InChI=1S/C10H11F2N.ClH/c11-8-4-1-3-7(10(8)12)9-5-2-6-13-9;/h1,3-4,9,13H,2,5-6H2;1H/t9-;/m1./s1. The quantitative estimate of drug-likeness (QED) is 0.766. The van der Waals surface area contributed by atoms with Gasteiger partial charge in [-0.3, -0.25) is 0 Å². The van der Waals surface area contributed by atoms with Crippen LogP contribution >= 0.6 is 12.4 Å². The van der Waals surface area contributed by atoms with E-state index >= 15 is 0 Å². The summed E-state index contributed by atoms with van der Waals surface area (Å²) < 4.78 is 26.1. The topological polar surface area (TPSA) is 12.0 Å². The fourth-order valence-electron chi connectivity index (χ4n) is 1.74. The summed E-state index contributed by atoms with van der Waals surface area (Å²) in [6.45, 7) is 0.890. The van der Waals surface area contributed by atoms with Crippen LogP contribution in [0.1, 0.15) is 24.4 Å². The van der Waals surface area contributed by atoms with Crippen molar-refractivity contribution >= 4 is 12.4 Å². The normalized spacial score (nSPS) is 20.6. The molecule has 0 aliphatic carbocycles. The van der Waals surface area contributed by atoms with Gasteiger partial charge in [0.2, 0.25) is 0 Å². The summed E-state index contributed by atoms with van der Waals surface area (Å²) in [6, 6.07) is 4.33. The van der Waals surface area contributed by atoms with Crippen LogP contribution in [-0.2, 0) is 0 Å². The molecule has 0 saturated carbocycles. The summed E-state index contributed by atoms with van der Waals surface area (Å²) in [5.74, 6) is -1.46. The van der Waals surface area contributed by atoms with Crippen molar-refractivity contribution in [3.05, 3.63) is 35.4 Å². The lowest BCUT2D eigenvalue weighted by atomic mass is 10.0. The van der Waals surface area contributed by atoms with Crippen molar-refractivity contribution in [1.82, 2.24) is 5.32 Å². The number of rotatable bonds is 1. The Morgan fingerprint density at radius 2 is 2.07 bits per heavy atom. The predicted molar refractivity (Wildman–Crippen MR) is 53.6 cm³/mol. The Bertz CT molecular complexity index is 311. The maximum absolute atomic E-state index is 13.2. The molecule has 0 aromatic heterocycles. The molecule has 1 aromatic rings. The van der Waals surface area contributed by atoms with Crippen LogP contribution in [0.3, 0.4) is 0 Å². The molecule has 1 heterocycles. The second-order valence-corrected chi connectivity index (χ2v) is 3.29. The molecule has 4 heteroatoms. The molecule has 0 unspecified atom stereocenters.